The molecule has 0 aromatic heterocycles. The number of benzene rings is 9. The first-order valence-corrected chi connectivity index (χ1v) is 47.1. The maximum atomic E-state index is 10.0. The second-order valence-electron chi connectivity index (χ2n) is 23.9. The molecule has 0 fully saturated rings. The van der Waals surface area contributed by atoms with Gasteiger partial charge in [-0.05, 0) is 147 Å². The van der Waals surface area contributed by atoms with Gasteiger partial charge in [-0.1, -0.05) is 152 Å². The van der Waals surface area contributed by atoms with Crippen molar-refractivity contribution in [2.45, 2.75) is 201 Å². The van der Waals surface area contributed by atoms with E-state index in [0.717, 1.165) is 0 Å². The van der Waals surface area contributed by atoms with E-state index in [1.54, 1.807) is 26.6 Å². The molecule has 3 nitrogen and oxygen atoms in total. The largest absolute Gasteiger partial charge is 0.0616 e. The van der Waals surface area contributed by atoms with Crippen LogP contribution < -0.4 is 0 Å². The minimum absolute atomic E-state index is 0. The Labute approximate surface area is 530 Å². The normalized spacial score (nSPS) is 10.6. The molecule has 9 aromatic carbocycles. The summed E-state index contributed by atoms with van der Waals surface area (Å²) in [4.78, 5) is 29.5. The molecule has 0 saturated carbocycles. The summed E-state index contributed by atoms with van der Waals surface area (Å²) in [6.45, 7) is 26.4. The van der Waals surface area contributed by atoms with Crippen LogP contribution in [0.3, 0.4) is 0 Å². The maximum absolute atomic E-state index is 10.0. The van der Waals surface area contributed by atoms with Gasteiger partial charge in [-0.2, -0.15) is 0 Å². The third-order valence-corrected chi connectivity index (χ3v) is 43.9. The van der Waals surface area contributed by atoms with Gasteiger partial charge < -0.3 is 4.79 Å². The van der Waals surface area contributed by atoms with E-state index in [1.165, 1.54) is 186 Å². The molecule has 0 heterocycles. The van der Waals surface area contributed by atoms with Gasteiger partial charge in [-0.25, -0.2) is 0 Å². The average molecular weight is 1370 g/mol. The number of carbonyl (C=O) groups excluding carboxylic acids is 3. The monoisotopic (exact) mass is 1370 g/mol. The zero-order valence-corrected chi connectivity index (χ0v) is 60.2. The van der Waals surface area contributed by atoms with E-state index >= 15 is 0 Å². The van der Waals surface area contributed by atoms with Crippen molar-refractivity contribution in [3.63, 3.8) is 0 Å². The summed E-state index contributed by atoms with van der Waals surface area (Å²) in [6.07, 6.45) is 17.0. The van der Waals surface area contributed by atoms with Crippen LogP contribution in [0, 0.1) is 40.5 Å². The summed E-state index contributed by atoms with van der Waals surface area (Å²) in [6, 6.07) is 58.9. The first-order chi connectivity index (χ1) is 40.9. The summed E-state index contributed by atoms with van der Waals surface area (Å²) in [5.74, 6) is 3.82. The van der Waals surface area contributed by atoms with Gasteiger partial charge in [-0.3, -0.25) is 9.59 Å². The number of rotatable bonds is 18. The summed E-state index contributed by atoms with van der Waals surface area (Å²) < 4.78 is 18.1. The molecule has 456 valence electrons. The molecule has 9 aromatic rings. The fraction of sp³-hybridized carbons (Fsp3) is 0.395. The van der Waals surface area contributed by atoms with Crippen LogP contribution in [-0.2, 0) is 14.4 Å². The van der Waals surface area contributed by atoms with E-state index in [0.29, 0.717) is 0 Å². The maximum Gasteiger partial charge on any atom is -0.0171 e. The van der Waals surface area contributed by atoms with Crippen LogP contribution in [0.15, 0.2) is 164 Å². The Balaban J connectivity index is 0.000000290. The Morgan fingerprint density at radius 2 is 0.500 bits per heavy atom. The zero-order valence-electron chi connectivity index (χ0n) is 54.5. The molecule has 0 atom stereocenters. The van der Waals surface area contributed by atoms with Gasteiger partial charge in [0, 0.05) is 13.8 Å². The topological polar surface area (TPSA) is 51.2 Å². The van der Waals surface area contributed by atoms with Crippen LogP contribution in [0.1, 0.15) is 170 Å². The summed E-state index contributed by atoms with van der Waals surface area (Å²) in [5.41, 5.74) is 3.95. The average Bonchev–Trinajstić information content (AvgIpc) is 1.91. The second kappa shape index (κ2) is 40.7. The number of hydrogen-bond acceptors (Lipinski definition) is 3. The Hall–Kier alpha value is -5.73. The molecular formula is C81H106O3Sn2. The van der Waals surface area contributed by atoms with Gasteiger partial charge in [0.2, 0.25) is 11.6 Å². The summed E-state index contributed by atoms with van der Waals surface area (Å²) in [5, 5.41) is 15.8. The van der Waals surface area contributed by atoms with Crippen molar-refractivity contribution in [2.24, 2.45) is 0 Å². The number of fused-ring (bicyclic) bond motifs is 6. The smallest absolute Gasteiger partial charge is 0.0171 e. The van der Waals surface area contributed by atoms with Crippen LogP contribution in [0.2, 0.25) is 26.6 Å². The number of unbranched alkanes of at least 4 members (excludes halogenated alkanes) is 6. The van der Waals surface area contributed by atoms with Crippen molar-refractivity contribution in [2.75, 3.05) is 0 Å². The van der Waals surface area contributed by atoms with Crippen molar-refractivity contribution in [1.82, 2.24) is 0 Å². The van der Waals surface area contributed by atoms with Crippen molar-refractivity contribution in [1.29, 1.82) is 0 Å². The van der Waals surface area contributed by atoms with E-state index in [9.17, 15) is 14.4 Å². The van der Waals surface area contributed by atoms with Crippen molar-refractivity contribution < 1.29 is 14.4 Å². The molecule has 0 amide bonds. The van der Waals surface area contributed by atoms with Gasteiger partial charge in [0.15, 0.2) is 0 Å². The van der Waals surface area contributed by atoms with Gasteiger partial charge in [0.05, 0.1) is 0 Å². The predicted molar refractivity (Wildman–Crippen MR) is 388 cm³/mol. The zero-order chi connectivity index (χ0) is 62.0. The van der Waals surface area contributed by atoms with Crippen LogP contribution in [0.25, 0.3) is 64.6 Å². The Bertz CT molecular complexity index is 3560. The second-order valence-corrected chi connectivity index (χ2v) is 48.5. The van der Waals surface area contributed by atoms with E-state index in [-0.39, 0.29) is 24.8 Å². The van der Waals surface area contributed by atoms with Crippen LogP contribution in [0.4, 0.5) is 0 Å². The molecule has 0 aliphatic carbocycles. The summed E-state index contributed by atoms with van der Waals surface area (Å²) in [7, 11) is 0. The van der Waals surface area contributed by atoms with Crippen molar-refractivity contribution in [3.8, 4) is 19.7 Å². The van der Waals surface area contributed by atoms with Gasteiger partial charge in [0.25, 0.3) is 0 Å². The fourth-order valence-corrected chi connectivity index (χ4v) is 46.6. The molecule has 0 N–H and O–H groups in total. The van der Waals surface area contributed by atoms with Crippen LogP contribution >= 0.6 is 0 Å². The molecular weight excluding hydrogens is 1260 g/mol. The molecule has 86 heavy (non-hydrogen) atoms. The molecule has 9 rings (SSSR count). The third kappa shape index (κ3) is 26.7. The molecule has 0 aliphatic rings. The number of carbonyl (C=O) groups is 3. The molecule has 0 saturated heterocycles. The molecule has 0 radical (unpaired) electrons. The first kappa shape index (κ1) is 74.5. The SMILES string of the molecule is C.CC(=O)C#CC(C)=O.CC(C)=O.CCC[CH2][Sn]([C]#[C][Sn]([CH2]CCC)([CH2]CCC)[CH2]CCC)([CH2]CCC)[CH2]CCC.Cc1ccc2cc3cc4ccccc4cc3cc2c1.Cc1ccc2cc3ccccc3cc2c1.Cc1ccc2ccccc2c1. The van der Waals surface area contributed by atoms with Crippen LogP contribution in [-0.4, -0.2) is 54.1 Å². The van der Waals surface area contributed by atoms with E-state index in [1.807, 2.05) is 0 Å². The fourth-order valence-electron chi connectivity index (χ4n) is 10.8. The van der Waals surface area contributed by atoms with Gasteiger partial charge in [0.1, 0.15) is 5.78 Å². The Morgan fingerprint density at radius 3 is 0.767 bits per heavy atom. The minimum Gasteiger partial charge on any atom is -0.0616 e. The van der Waals surface area contributed by atoms with E-state index < -0.39 is 36.8 Å². The number of aryl methyl sites for hydroxylation is 3. The molecule has 0 bridgehead atoms. The molecule has 0 spiro atoms. The minimum atomic E-state index is -2.28. The molecule has 0 aliphatic heterocycles. The summed E-state index contributed by atoms with van der Waals surface area (Å²) >= 11 is -4.57. The first-order valence-electron chi connectivity index (χ1n) is 32.1. The quantitative estimate of drug-likeness (QED) is 0.0372. The number of Topliss-reactive ketones (excluding diaryl/α,β-unsaturated/α-hetero) is 3. The van der Waals surface area contributed by atoms with Crippen LogP contribution in [0.5, 0.6) is 0 Å². The standard InChI is InChI=1S/C19H14.C15H12.C11H10.C6H6O2.6C4H9.C3H6O.C2.CH4.2Sn/c1-13-6-7-16-11-18-9-14-4-2-3-5-15(14)10-19(18)12-17(16)8-13;1-11-6-7-14-9-12-4-2-3-5-13(12)10-15(14)8-11;1-9-6-7-10-4-2-3-5-11(10)8-9;1-5(7)3-4-6(2)8;6*1-3-4-2;1-3(2)4;1-2;;;/h2-12H,1H3;2-10H,1H3;2-8H,1H3;1-2H3;6*1,3-4H2,2H3;1-2H3;;1H4;;. The van der Waals surface area contributed by atoms with Crippen molar-refractivity contribution >= 4 is 119 Å². The molecule has 0 unspecified atom stereocenters. The van der Waals surface area contributed by atoms with Crippen molar-refractivity contribution in [3.05, 3.63) is 180 Å². The molecule has 5 heteroatoms. The number of ketones is 3. The van der Waals surface area contributed by atoms with E-state index in [4.69, 9.17) is 0 Å². The number of hydrogen-bond donors (Lipinski definition) is 0. The Kier molecular flexibility index (Phi) is 35.2. The predicted octanol–water partition coefficient (Wildman–Crippen LogP) is 24.1. The van der Waals surface area contributed by atoms with E-state index in [2.05, 4.69) is 246 Å². The Morgan fingerprint density at radius 1 is 0.302 bits per heavy atom. The van der Waals surface area contributed by atoms with Gasteiger partial charge >= 0.3 is 190 Å². The third-order valence-electron chi connectivity index (χ3n) is 15.6. The van der Waals surface area contributed by atoms with Gasteiger partial charge in [-0.15, -0.1) is 0 Å².